The van der Waals surface area contributed by atoms with Crippen molar-refractivity contribution < 1.29 is 9.53 Å². The molecule has 15 heavy (non-hydrogen) atoms. The zero-order valence-electron chi connectivity index (χ0n) is 8.23. The Morgan fingerprint density at radius 1 is 1.53 bits per heavy atom. The standard InChI is InChI=1S/C10H9N3O2/c1-15-7-4-6-9-8(10(7)14)12-5-13(9)3-2-11-6/h4-5H,2-3H2,1H3. The lowest BCUT2D eigenvalue weighted by Crippen LogP contribution is -2.24. The van der Waals surface area contributed by atoms with Gasteiger partial charge in [0, 0.05) is 12.6 Å². The third-order valence-electron chi connectivity index (χ3n) is 2.63. The average molecular weight is 203 g/mol. The molecule has 76 valence electrons. The van der Waals surface area contributed by atoms with Crippen LogP contribution in [0.1, 0.15) is 16.2 Å². The number of rotatable bonds is 1. The Morgan fingerprint density at radius 2 is 2.40 bits per heavy atom. The molecule has 0 saturated heterocycles. The SMILES string of the molecule is COC1=CC2=NCCn3cnc(c32)C1=O. The van der Waals surface area contributed by atoms with E-state index < -0.39 is 0 Å². The number of hydrogen-bond acceptors (Lipinski definition) is 4. The van der Waals surface area contributed by atoms with Gasteiger partial charge in [0.1, 0.15) is 5.69 Å². The van der Waals surface area contributed by atoms with Crippen LogP contribution in [0.2, 0.25) is 0 Å². The van der Waals surface area contributed by atoms with Crippen molar-refractivity contribution in [3.8, 4) is 0 Å². The van der Waals surface area contributed by atoms with Gasteiger partial charge in [-0.25, -0.2) is 4.98 Å². The highest BCUT2D eigenvalue weighted by molar-refractivity contribution is 6.24. The Hall–Kier alpha value is -1.91. The van der Waals surface area contributed by atoms with Crippen LogP contribution in [0.25, 0.3) is 0 Å². The van der Waals surface area contributed by atoms with Gasteiger partial charge in [-0.15, -0.1) is 0 Å². The van der Waals surface area contributed by atoms with E-state index in [1.54, 1.807) is 12.4 Å². The van der Waals surface area contributed by atoms with Crippen molar-refractivity contribution in [2.75, 3.05) is 13.7 Å². The first-order valence-corrected chi connectivity index (χ1v) is 4.71. The molecular weight excluding hydrogens is 194 g/mol. The van der Waals surface area contributed by atoms with Crippen LogP contribution >= 0.6 is 0 Å². The van der Waals surface area contributed by atoms with E-state index in [-0.39, 0.29) is 5.78 Å². The molecule has 0 amide bonds. The van der Waals surface area contributed by atoms with E-state index in [0.29, 0.717) is 11.5 Å². The van der Waals surface area contributed by atoms with E-state index in [2.05, 4.69) is 9.98 Å². The first-order valence-electron chi connectivity index (χ1n) is 4.71. The van der Waals surface area contributed by atoms with Crippen LogP contribution in [0.15, 0.2) is 23.2 Å². The van der Waals surface area contributed by atoms with Crippen molar-refractivity contribution >= 4 is 11.5 Å². The smallest absolute Gasteiger partial charge is 0.248 e. The fourth-order valence-electron chi connectivity index (χ4n) is 1.91. The molecule has 0 atom stereocenters. The fourth-order valence-corrected chi connectivity index (χ4v) is 1.91. The second-order valence-electron chi connectivity index (χ2n) is 3.44. The molecule has 1 aliphatic heterocycles. The Labute approximate surface area is 86.1 Å². The number of methoxy groups -OCH3 is 1. The monoisotopic (exact) mass is 203 g/mol. The van der Waals surface area contributed by atoms with Crippen LogP contribution in [0, 0.1) is 0 Å². The zero-order chi connectivity index (χ0) is 10.4. The minimum absolute atomic E-state index is 0.160. The first-order chi connectivity index (χ1) is 7.31. The quantitative estimate of drug-likeness (QED) is 0.664. The molecule has 3 rings (SSSR count). The Bertz CT molecular complexity index is 511. The van der Waals surface area contributed by atoms with Crippen molar-refractivity contribution in [3.05, 3.63) is 29.6 Å². The van der Waals surface area contributed by atoms with Gasteiger partial charge in [-0.3, -0.25) is 9.79 Å². The summed E-state index contributed by atoms with van der Waals surface area (Å²) in [5, 5.41) is 0. The van der Waals surface area contributed by atoms with Gasteiger partial charge in [-0.2, -0.15) is 0 Å². The highest BCUT2D eigenvalue weighted by Gasteiger charge is 2.30. The fraction of sp³-hybridized carbons (Fsp3) is 0.300. The number of aromatic nitrogens is 2. The minimum Gasteiger partial charge on any atom is -0.492 e. The van der Waals surface area contributed by atoms with Gasteiger partial charge in [0.2, 0.25) is 5.78 Å². The van der Waals surface area contributed by atoms with Crippen molar-refractivity contribution in [2.45, 2.75) is 6.54 Å². The van der Waals surface area contributed by atoms with Gasteiger partial charge in [-0.05, 0) is 0 Å². The topological polar surface area (TPSA) is 56.5 Å². The zero-order valence-corrected chi connectivity index (χ0v) is 8.23. The van der Waals surface area contributed by atoms with Crippen LogP contribution in [-0.2, 0) is 11.3 Å². The van der Waals surface area contributed by atoms with E-state index in [1.807, 2.05) is 4.57 Å². The maximum absolute atomic E-state index is 11.8. The minimum atomic E-state index is -0.160. The van der Waals surface area contributed by atoms with Gasteiger partial charge >= 0.3 is 0 Å². The van der Waals surface area contributed by atoms with Crippen LogP contribution in [0.5, 0.6) is 0 Å². The summed E-state index contributed by atoms with van der Waals surface area (Å²) in [5.74, 6) is 0.153. The highest BCUT2D eigenvalue weighted by Crippen LogP contribution is 2.23. The summed E-state index contributed by atoms with van der Waals surface area (Å²) in [6.07, 6.45) is 3.37. The number of imidazole rings is 1. The maximum atomic E-state index is 11.8. The molecule has 0 aromatic carbocycles. The second-order valence-corrected chi connectivity index (χ2v) is 3.44. The molecule has 5 heteroatoms. The van der Waals surface area contributed by atoms with Crippen molar-refractivity contribution in [3.63, 3.8) is 0 Å². The highest BCUT2D eigenvalue weighted by atomic mass is 16.5. The summed E-state index contributed by atoms with van der Waals surface area (Å²) in [4.78, 5) is 20.3. The number of nitrogens with zero attached hydrogens (tertiary/aromatic N) is 3. The molecule has 1 aromatic rings. The van der Waals surface area contributed by atoms with Gasteiger partial charge in [0.25, 0.3) is 0 Å². The van der Waals surface area contributed by atoms with Crippen LogP contribution in [0.4, 0.5) is 0 Å². The van der Waals surface area contributed by atoms with Gasteiger partial charge in [0.15, 0.2) is 5.76 Å². The number of ketones is 1. The molecule has 5 nitrogen and oxygen atoms in total. The number of carbonyl (C=O) groups excluding carboxylic acids is 1. The molecule has 0 spiro atoms. The number of hydrogen-bond donors (Lipinski definition) is 0. The lowest BCUT2D eigenvalue weighted by atomic mass is 10.0. The molecular formula is C10H9N3O2. The summed E-state index contributed by atoms with van der Waals surface area (Å²) in [6.45, 7) is 1.51. The maximum Gasteiger partial charge on any atom is 0.248 e. The summed E-state index contributed by atoms with van der Waals surface area (Å²) in [5.41, 5.74) is 2.07. The molecule has 2 heterocycles. The Morgan fingerprint density at radius 3 is 3.20 bits per heavy atom. The number of aliphatic imine (C=N–C) groups is 1. The number of Topliss-reactive ketones (excluding diaryl/α,β-unsaturated/α-hetero) is 1. The average Bonchev–Trinajstić information content (AvgIpc) is 2.69. The molecule has 0 saturated carbocycles. The van der Waals surface area contributed by atoms with E-state index in [1.165, 1.54) is 7.11 Å². The summed E-state index contributed by atoms with van der Waals surface area (Å²) in [7, 11) is 1.48. The Kier molecular flexibility index (Phi) is 1.56. The third-order valence-corrected chi connectivity index (χ3v) is 2.63. The van der Waals surface area contributed by atoms with Crippen molar-refractivity contribution in [2.24, 2.45) is 4.99 Å². The van der Waals surface area contributed by atoms with E-state index in [9.17, 15) is 4.79 Å². The predicted octanol–water partition coefficient (Wildman–Crippen LogP) is 0.412. The first kappa shape index (κ1) is 8.40. The number of ether oxygens (including phenoxy) is 1. The summed E-state index contributed by atoms with van der Waals surface area (Å²) >= 11 is 0. The molecule has 0 fully saturated rings. The van der Waals surface area contributed by atoms with Gasteiger partial charge < -0.3 is 9.30 Å². The molecule has 0 bridgehead atoms. The molecule has 0 unspecified atom stereocenters. The normalized spacial score (nSPS) is 18.1. The molecule has 0 radical (unpaired) electrons. The van der Waals surface area contributed by atoms with Gasteiger partial charge in [-0.1, -0.05) is 0 Å². The van der Waals surface area contributed by atoms with Crippen LogP contribution in [0.3, 0.4) is 0 Å². The molecule has 2 aliphatic rings. The number of carbonyl (C=O) groups is 1. The lowest BCUT2D eigenvalue weighted by molar-refractivity contribution is 0.0947. The van der Waals surface area contributed by atoms with Gasteiger partial charge in [0.05, 0.1) is 31.4 Å². The van der Waals surface area contributed by atoms with Crippen LogP contribution < -0.4 is 0 Å². The predicted molar refractivity (Wildman–Crippen MR) is 53.1 cm³/mol. The molecule has 1 aliphatic carbocycles. The summed E-state index contributed by atoms with van der Waals surface area (Å²) in [6, 6.07) is 0. The largest absolute Gasteiger partial charge is 0.492 e. The van der Waals surface area contributed by atoms with E-state index in [4.69, 9.17) is 4.74 Å². The third kappa shape index (κ3) is 1.000. The van der Waals surface area contributed by atoms with Crippen LogP contribution in [-0.4, -0.2) is 34.7 Å². The van der Waals surface area contributed by atoms with Crippen molar-refractivity contribution in [1.82, 2.24) is 9.55 Å². The molecule has 0 N–H and O–H groups in total. The van der Waals surface area contributed by atoms with Crippen molar-refractivity contribution in [1.29, 1.82) is 0 Å². The lowest BCUT2D eigenvalue weighted by Gasteiger charge is -2.18. The summed E-state index contributed by atoms with van der Waals surface area (Å²) < 4.78 is 6.96. The molecule has 1 aromatic heterocycles. The second kappa shape index (κ2) is 2.79. The Balaban J connectivity index is 2.26. The number of allylic oxidation sites excluding steroid dienone is 2. The van der Waals surface area contributed by atoms with E-state index in [0.717, 1.165) is 24.5 Å². The van der Waals surface area contributed by atoms with E-state index >= 15 is 0 Å².